The predicted octanol–water partition coefficient (Wildman–Crippen LogP) is 5.61. The summed E-state index contributed by atoms with van der Waals surface area (Å²) in [4.78, 5) is 36.1. The number of carbonyl (C=O) groups is 2. The van der Waals surface area contributed by atoms with Crippen LogP contribution in [-0.2, 0) is 23.7 Å². The Kier molecular flexibility index (Phi) is 7.54. The molecule has 0 N–H and O–H groups in total. The van der Waals surface area contributed by atoms with Gasteiger partial charge in [-0.05, 0) is 54.8 Å². The average molecular weight is 593 g/mol. The molecule has 1 spiro atoms. The van der Waals surface area contributed by atoms with Gasteiger partial charge < -0.3 is 19.4 Å². The number of anilines is 1. The Bertz CT molecular complexity index is 1440. The highest BCUT2D eigenvalue weighted by Gasteiger charge is 2.54. The van der Waals surface area contributed by atoms with E-state index in [0.29, 0.717) is 23.6 Å². The standard InChI is InChI=1S/C29H26F6N4O3/c1-42-24-7-3-2-6-23(24)39-18-38(17-19-5-4-10-36-16-19)26(41)27(39)8-11-37(12-9-27)25(40)20-13-21(28(30,31)32)15-22(14-20)29(33,34)35/h2-7,10,13-16H,8-9,11-12,17-18H2,1H3. The summed E-state index contributed by atoms with van der Waals surface area (Å²) in [5.74, 6) is -0.652. The fourth-order valence-electron chi connectivity index (χ4n) is 5.60. The zero-order chi connectivity index (χ0) is 30.3. The number of rotatable bonds is 5. The molecule has 0 atom stereocenters. The van der Waals surface area contributed by atoms with E-state index in [-0.39, 0.29) is 51.1 Å². The van der Waals surface area contributed by atoms with E-state index in [1.807, 2.05) is 11.0 Å². The number of ether oxygens (including phenoxy) is 1. The maximum atomic E-state index is 14.0. The van der Waals surface area contributed by atoms with E-state index in [0.717, 1.165) is 5.56 Å². The van der Waals surface area contributed by atoms with Gasteiger partial charge in [-0.15, -0.1) is 0 Å². The van der Waals surface area contributed by atoms with Crippen LogP contribution in [-0.4, -0.2) is 59.0 Å². The molecule has 2 fully saturated rings. The third kappa shape index (κ3) is 5.47. The molecule has 42 heavy (non-hydrogen) atoms. The molecule has 3 aromatic rings. The van der Waals surface area contributed by atoms with Crippen LogP contribution in [0.3, 0.4) is 0 Å². The lowest BCUT2D eigenvalue weighted by Gasteiger charge is -2.43. The van der Waals surface area contributed by atoms with Gasteiger partial charge in [0.1, 0.15) is 11.3 Å². The van der Waals surface area contributed by atoms with Crippen LogP contribution in [0.1, 0.15) is 39.9 Å². The largest absolute Gasteiger partial charge is 0.495 e. The third-order valence-electron chi connectivity index (χ3n) is 7.70. The van der Waals surface area contributed by atoms with Crippen LogP contribution in [0, 0.1) is 0 Å². The predicted molar refractivity (Wildman–Crippen MR) is 139 cm³/mol. The van der Waals surface area contributed by atoms with Crippen molar-refractivity contribution >= 4 is 17.5 Å². The summed E-state index contributed by atoms with van der Waals surface area (Å²) in [5.41, 5.74) is -3.50. The summed E-state index contributed by atoms with van der Waals surface area (Å²) in [7, 11) is 1.50. The first-order chi connectivity index (χ1) is 19.8. The third-order valence-corrected chi connectivity index (χ3v) is 7.70. The van der Waals surface area contributed by atoms with Crippen LogP contribution >= 0.6 is 0 Å². The van der Waals surface area contributed by atoms with Gasteiger partial charge in [0.05, 0.1) is 30.6 Å². The van der Waals surface area contributed by atoms with Gasteiger partial charge in [0, 0.05) is 37.6 Å². The van der Waals surface area contributed by atoms with Gasteiger partial charge in [0.2, 0.25) is 5.91 Å². The Morgan fingerprint density at radius 3 is 2.17 bits per heavy atom. The summed E-state index contributed by atoms with van der Waals surface area (Å²) in [6, 6.07) is 11.6. The number of benzene rings is 2. The lowest BCUT2D eigenvalue weighted by molar-refractivity contribution is -0.143. The molecular weight excluding hydrogens is 566 g/mol. The number of halogens is 6. The average Bonchev–Trinajstić information content (AvgIpc) is 3.22. The van der Waals surface area contributed by atoms with Crippen LogP contribution in [0.25, 0.3) is 0 Å². The number of amides is 2. The van der Waals surface area contributed by atoms with Gasteiger partial charge in [-0.25, -0.2) is 0 Å². The molecule has 0 saturated carbocycles. The number of carbonyl (C=O) groups excluding carboxylic acids is 2. The Labute approximate surface area is 237 Å². The Morgan fingerprint density at radius 2 is 1.60 bits per heavy atom. The topological polar surface area (TPSA) is 66.0 Å². The van der Waals surface area contributed by atoms with Gasteiger partial charge in [-0.3, -0.25) is 14.6 Å². The number of piperidine rings is 1. The summed E-state index contributed by atoms with van der Waals surface area (Å²) < 4.78 is 85.9. The number of para-hydroxylation sites is 2. The fraction of sp³-hybridized carbons (Fsp3) is 0.345. The van der Waals surface area contributed by atoms with Crippen molar-refractivity contribution in [2.45, 2.75) is 37.3 Å². The van der Waals surface area contributed by atoms with E-state index in [1.165, 1.54) is 12.0 Å². The number of pyridine rings is 1. The van der Waals surface area contributed by atoms with Crippen molar-refractivity contribution in [3.05, 3.63) is 89.2 Å². The molecule has 2 aliphatic heterocycles. The second-order valence-electron chi connectivity index (χ2n) is 10.2. The second kappa shape index (κ2) is 10.8. The maximum Gasteiger partial charge on any atom is 0.416 e. The van der Waals surface area contributed by atoms with E-state index in [9.17, 15) is 35.9 Å². The maximum absolute atomic E-state index is 14.0. The molecule has 5 rings (SSSR count). The minimum Gasteiger partial charge on any atom is -0.495 e. The number of alkyl halides is 6. The molecule has 0 aliphatic carbocycles. The molecule has 2 aliphatic rings. The van der Waals surface area contributed by atoms with Crippen molar-refractivity contribution in [3.63, 3.8) is 0 Å². The summed E-state index contributed by atoms with van der Waals surface area (Å²) in [5, 5.41) is 0. The number of aromatic nitrogens is 1. The van der Waals surface area contributed by atoms with E-state index in [2.05, 4.69) is 4.98 Å². The highest BCUT2D eigenvalue weighted by molar-refractivity contribution is 5.97. The molecule has 13 heteroatoms. The van der Waals surface area contributed by atoms with Crippen LogP contribution in [0.15, 0.2) is 67.0 Å². The Balaban J connectivity index is 1.44. The SMILES string of the molecule is COc1ccccc1N1CN(Cc2cccnc2)C(=O)C12CCN(C(=O)c1cc(C(F)(F)F)cc(C(F)(F)F)c1)CC2. The van der Waals surface area contributed by atoms with Gasteiger partial charge in [0.25, 0.3) is 5.91 Å². The molecule has 2 aromatic carbocycles. The molecule has 2 saturated heterocycles. The van der Waals surface area contributed by atoms with Crippen molar-refractivity contribution in [1.82, 2.24) is 14.8 Å². The highest BCUT2D eigenvalue weighted by Crippen LogP contribution is 2.44. The van der Waals surface area contributed by atoms with E-state index >= 15 is 0 Å². The van der Waals surface area contributed by atoms with Gasteiger partial charge >= 0.3 is 12.4 Å². The smallest absolute Gasteiger partial charge is 0.416 e. The monoisotopic (exact) mass is 592 g/mol. The molecule has 1 aromatic heterocycles. The molecule has 0 bridgehead atoms. The fourth-order valence-corrected chi connectivity index (χ4v) is 5.60. The first-order valence-electron chi connectivity index (χ1n) is 13.0. The lowest BCUT2D eigenvalue weighted by Crippen LogP contribution is -2.57. The van der Waals surface area contributed by atoms with Crippen LogP contribution in [0.2, 0.25) is 0 Å². The second-order valence-corrected chi connectivity index (χ2v) is 10.2. The van der Waals surface area contributed by atoms with Crippen LogP contribution < -0.4 is 9.64 Å². The van der Waals surface area contributed by atoms with Gasteiger partial charge in [-0.2, -0.15) is 26.3 Å². The van der Waals surface area contributed by atoms with Gasteiger partial charge in [0.15, 0.2) is 0 Å². The quantitative estimate of drug-likeness (QED) is 0.361. The van der Waals surface area contributed by atoms with Crippen molar-refractivity contribution in [3.8, 4) is 5.75 Å². The van der Waals surface area contributed by atoms with Gasteiger partial charge in [-0.1, -0.05) is 18.2 Å². The van der Waals surface area contributed by atoms with Crippen molar-refractivity contribution in [2.75, 3.05) is 31.8 Å². The molecule has 3 heterocycles. The number of likely N-dealkylation sites (tertiary alicyclic amines) is 1. The molecule has 0 unspecified atom stereocenters. The van der Waals surface area contributed by atoms with E-state index in [4.69, 9.17) is 4.74 Å². The summed E-state index contributed by atoms with van der Waals surface area (Å²) in [6.45, 7) is 0.348. The normalized spacial score (nSPS) is 17.2. The first-order valence-corrected chi connectivity index (χ1v) is 13.0. The number of hydrogen-bond donors (Lipinski definition) is 0. The first kappa shape index (κ1) is 29.2. The highest BCUT2D eigenvalue weighted by atomic mass is 19.4. The van der Waals surface area contributed by atoms with Crippen LogP contribution in [0.5, 0.6) is 5.75 Å². The minimum absolute atomic E-state index is 0.0128. The van der Waals surface area contributed by atoms with E-state index in [1.54, 1.807) is 47.6 Å². The van der Waals surface area contributed by atoms with Crippen LogP contribution in [0.4, 0.5) is 32.0 Å². The molecule has 222 valence electrons. The Hall–Kier alpha value is -4.29. The molecule has 0 radical (unpaired) electrons. The molecular formula is C29H26F6N4O3. The zero-order valence-corrected chi connectivity index (χ0v) is 22.4. The van der Waals surface area contributed by atoms with Crippen molar-refractivity contribution in [2.24, 2.45) is 0 Å². The van der Waals surface area contributed by atoms with Crippen molar-refractivity contribution in [1.29, 1.82) is 0 Å². The zero-order valence-electron chi connectivity index (χ0n) is 22.4. The molecule has 2 amide bonds. The Morgan fingerprint density at radius 1 is 0.952 bits per heavy atom. The lowest BCUT2D eigenvalue weighted by atomic mass is 9.85. The van der Waals surface area contributed by atoms with Crippen molar-refractivity contribution < 1.29 is 40.7 Å². The minimum atomic E-state index is -5.08. The number of nitrogens with zero attached hydrogens (tertiary/aromatic N) is 4. The summed E-state index contributed by atoms with van der Waals surface area (Å²) in [6.07, 6.45) is -6.69. The summed E-state index contributed by atoms with van der Waals surface area (Å²) >= 11 is 0. The number of methoxy groups -OCH3 is 1. The number of hydrogen-bond acceptors (Lipinski definition) is 5. The molecule has 7 nitrogen and oxygen atoms in total. The van der Waals surface area contributed by atoms with E-state index < -0.39 is 40.5 Å².